The molecule has 1 spiro atoms. The minimum atomic E-state index is -0.999. The number of likely N-dealkylation sites (tertiary alicyclic amines) is 1. The summed E-state index contributed by atoms with van der Waals surface area (Å²) in [7, 11) is 0. The van der Waals surface area contributed by atoms with Gasteiger partial charge in [-0.25, -0.2) is 14.8 Å². The Bertz CT molecular complexity index is 1850. The van der Waals surface area contributed by atoms with Crippen molar-refractivity contribution in [3.05, 3.63) is 41.0 Å². The molecule has 5 saturated heterocycles. The Balaban J connectivity index is 0.865. The number of aliphatic hydroxyl groups excluding tert-OH is 1. The van der Waals surface area contributed by atoms with Crippen LogP contribution in [0.25, 0.3) is 10.4 Å². The first-order valence-corrected chi connectivity index (χ1v) is 22.3. The van der Waals surface area contributed by atoms with Crippen LogP contribution in [0.4, 0.5) is 0 Å². The molecule has 2 aromatic rings. The topological polar surface area (TPSA) is 175 Å². The molecule has 1 aromatic heterocycles. The Morgan fingerprint density at radius 2 is 1.83 bits per heavy atom. The highest BCUT2D eigenvalue weighted by molar-refractivity contribution is 7.13. The SMILES string of the molecule is Cc1ncsc1-c1ccc(CNC(=O)C2CC(O)CN2C(=O)C(NC(=O)CCC(=O)OCCCC2OC3OC4(C)CCC5C(C)CCC(C2C)C35OO4)C(C)(C)C)cc1. The van der Waals surface area contributed by atoms with Crippen molar-refractivity contribution in [2.45, 2.75) is 155 Å². The Kier molecular flexibility index (Phi) is 12.9. The molecule has 8 rings (SSSR count). The standard InChI is InChI=1S/C44H62N4O10S/c1-25-10-15-32-26(2)34(55-41-44(32)31(25)18-19-43(7,56-41)57-58-44)9-8-20-54-36(51)17-16-35(50)47-38(42(4,5)6)40(53)48-23-30(49)21-33(48)39(52)45-22-28-11-13-29(14-12-28)37-27(3)46-24-59-37/h11-14,24-26,30-34,38,41,49H,8-10,15-23H2,1-7H3,(H,45,52)(H,47,50). The van der Waals surface area contributed by atoms with Crippen molar-refractivity contribution in [2.24, 2.45) is 29.1 Å². The van der Waals surface area contributed by atoms with E-state index in [0.717, 1.165) is 47.4 Å². The number of carbonyl (C=O) groups is 4. The van der Waals surface area contributed by atoms with Gasteiger partial charge in [-0.2, -0.15) is 0 Å². The molecule has 3 amide bonds. The number of aromatic nitrogens is 1. The van der Waals surface area contributed by atoms with Crippen molar-refractivity contribution in [3.8, 4) is 10.4 Å². The lowest BCUT2D eigenvalue weighted by atomic mass is 9.57. The third-order valence-electron chi connectivity index (χ3n) is 13.5. The quantitative estimate of drug-likeness (QED) is 0.131. The van der Waals surface area contributed by atoms with E-state index in [1.165, 1.54) is 4.90 Å². The van der Waals surface area contributed by atoms with E-state index in [0.29, 0.717) is 24.7 Å². The van der Waals surface area contributed by atoms with Crippen molar-refractivity contribution < 1.29 is 48.3 Å². The molecule has 59 heavy (non-hydrogen) atoms. The van der Waals surface area contributed by atoms with E-state index in [1.807, 2.05) is 64.4 Å². The number of aryl methyl sites for hydroxylation is 1. The maximum atomic E-state index is 14.0. The largest absolute Gasteiger partial charge is 0.466 e. The van der Waals surface area contributed by atoms with Crippen LogP contribution in [-0.4, -0.2) is 93.8 Å². The Morgan fingerprint density at radius 1 is 1.07 bits per heavy atom. The highest BCUT2D eigenvalue weighted by atomic mass is 32.1. The molecular weight excluding hydrogens is 777 g/mol. The summed E-state index contributed by atoms with van der Waals surface area (Å²) in [5.41, 5.74) is 3.36. The number of nitrogens with one attached hydrogen (secondary N) is 2. The molecule has 2 bridgehead atoms. The fourth-order valence-corrected chi connectivity index (χ4v) is 10.9. The first-order chi connectivity index (χ1) is 28.0. The first kappa shape index (κ1) is 43.6. The van der Waals surface area contributed by atoms with Gasteiger partial charge in [0.05, 0.1) is 41.3 Å². The molecule has 324 valence electrons. The number of aliphatic hydroxyl groups is 1. The lowest BCUT2D eigenvalue weighted by molar-refractivity contribution is -0.571. The second-order valence-corrected chi connectivity index (χ2v) is 19.6. The summed E-state index contributed by atoms with van der Waals surface area (Å²) in [5.74, 6) is -1.46. The molecule has 3 N–H and O–H groups in total. The summed E-state index contributed by atoms with van der Waals surface area (Å²) in [6.07, 6.45) is 3.41. The van der Waals surface area contributed by atoms with Gasteiger partial charge in [0.2, 0.25) is 23.5 Å². The van der Waals surface area contributed by atoms with Gasteiger partial charge in [0.15, 0.2) is 11.9 Å². The summed E-state index contributed by atoms with van der Waals surface area (Å²) in [6.45, 7) is 14.2. The third-order valence-corrected chi connectivity index (χ3v) is 14.4. The summed E-state index contributed by atoms with van der Waals surface area (Å²) < 4.78 is 18.6. The predicted molar refractivity (Wildman–Crippen MR) is 218 cm³/mol. The zero-order chi connectivity index (χ0) is 42.3. The average molecular weight is 839 g/mol. The monoisotopic (exact) mass is 838 g/mol. The van der Waals surface area contributed by atoms with Gasteiger partial charge in [0.25, 0.3) is 0 Å². The highest BCUT2D eigenvalue weighted by Crippen LogP contribution is 2.60. The molecule has 1 saturated carbocycles. The number of amides is 3. The summed E-state index contributed by atoms with van der Waals surface area (Å²) in [5, 5.41) is 16.3. The van der Waals surface area contributed by atoms with Gasteiger partial charge in [0.1, 0.15) is 12.1 Å². The van der Waals surface area contributed by atoms with Gasteiger partial charge in [-0.3, -0.25) is 19.2 Å². The molecule has 6 aliphatic rings. The number of nitrogens with zero attached hydrogens (tertiary/aromatic N) is 2. The Morgan fingerprint density at radius 3 is 2.54 bits per heavy atom. The number of fused-ring (bicyclic) bond motifs is 2. The smallest absolute Gasteiger partial charge is 0.306 e. The van der Waals surface area contributed by atoms with Crippen LogP contribution in [0.2, 0.25) is 0 Å². The van der Waals surface area contributed by atoms with Crippen molar-refractivity contribution in [1.29, 1.82) is 0 Å². The van der Waals surface area contributed by atoms with Crippen LogP contribution in [0.15, 0.2) is 29.8 Å². The molecule has 11 unspecified atom stereocenters. The molecular formula is C44H62N4O10S. The van der Waals surface area contributed by atoms with E-state index in [-0.39, 0.29) is 62.8 Å². The van der Waals surface area contributed by atoms with Crippen LogP contribution in [0.5, 0.6) is 0 Å². The number of hydrogen-bond donors (Lipinski definition) is 3. The van der Waals surface area contributed by atoms with Crippen molar-refractivity contribution in [1.82, 2.24) is 20.5 Å². The maximum absolute atomic E-state index is 14.0. The van der Waals surface area contributed by atoms with Crippen LogP contribution in [0, 0.1) is 36.0 Å². The second kappa shape index (κ2) is 17.5. The normalized spacial score (nSPS) is 33.1. The van der Waals surface area contributed by atoms with Crippen LogP contribution >= 0.6 is 11.3 Å². The number of rotatable bonds is 13. The average Bonchev–Trinajstić information content (AvgIpc) is 3.73. The molecule has 0 radical (unpaired) electrons. The van der Waals surface area contributed by atoms with E-state index < -0.39 is 59.1 Å². The number of benzene rings is 1. The lowest BCUT2D eigenvalue weighted by Crippen LogP contribution is -2.70. The summed E-state index contributed by atoms with van der Waals surface area (Å²) in [6, 6.07) is 5.95. The Labute approximate surface area is 351 Å². The molecule has 1 aromatic carbocycles. The van der Waals surface area contributed by atoms with Gasteiger partial charge in [-0.1, -0.05) is 58.9 Å². The van der Waals surface area contributed by atoms with Crippen LogP contribution in [0.3, 0.4) is 0 Å². The lowest BCUT2D eigenvalue weighted by Gasteiger charge is -2.60. The summed E-state index contributed by atoms with van der Waals surface area (Å²) >= 11 is 1.57. The van der Waals surface area contributed by atoms with Crippen LogP contribution in [-0.2, 0) is 49.7 Å². The van der Waals surface area contributed by atoms with E-state index in [4.69, 9.17) is 24.0 Å². The van der Waals surface area contributed by atoms with Gasteiger partial charge in [-0.15, -0.1) is 11.3 Å². The number of ether oxygens (including phenoxy) is 3. The molecule has 6 heterocycles. The van der Waals surface area contributed by atoms with E-state index in [1.54, 1.807) is 11.3 Å². The zero-order valence-electron chi connectivity index (χ0n) is 35.5. The van der Waals surface area contributed by atoms with Crippen LogP contribution in [0.1, 0.15) is 111 Å². The first-order valence-electron chi connectivity index (χ1n) is 21.4. The van der Waals surface area contributed by atoms with Crippen molar-refractivity contribution in [3.63, 3.8) is 0 Å². The number of carbonyl (C=O) groups excluding carboxylic acids is 4. The predicted octanol–water partition coefficient (Wildman–Crippen LogP) is 5.58. The number of thiazole rings is 1. The maximum Gasteiger partial charge on any atom is 0.306 e. The molecule has 6 fully saturated rings. The number of hydrogen-bond acceptors (Lipinski definition) is 12. The number of esters is 1. The molecule has 11 atom stereocenters. The molecule has 1 aliphatic carbocycles. The van der Waals surface area contributed by atoms with Gasteiger partial charge < -0.3 is 34.9 Å². The van der Waals surface area contributed by atoms with Gasteiger partial charge in [-0.05, 0) is 80.2 Å². The fourth-order valence-electron chi connectivity index (χ4n) is 10.1. The molecule has 5 aliphatic heterocycles. The summed E-state index contributed by atoms with van der Waals surface area (Å²) in [4.78, 5) is 72.4. The van der Waals surface area contributed by atoms with E-state index in [9.17, 15) is 24.3 Å². The number of β-amino-alcohol motifs (C(OH)–C–C–N with tert-alkyl or cyclic N) is 1. The van der Waals surface area contributed by atoms with Gasteiger partial charge in [0, 0.05) is 38.3 Å². The van der Waals surface area contributed by atoms with Crippen molar-refractivity contribution >= 4 is 35.0 Å². The minimum Gasteiger partial charge on any atom is -0.466 e. The second-order valence-electron chi connectivity index (χ2n) is 18.8. The highest BCUT2D eigenvalue weighted by Gasteiger charge is 2.69. The zero-order valence-corrected chi connectivity index (χ0v) is 36.3. The van der Waals surface area contributed by atoms with Crippen LogP contribution < -0.4 is 10.6 Å². The van der Waals surface area contributed by atoms with E-state index in [2.05, 4.69) is 29.5 Å². The Hall–Kier alpha value is -3.47. The van der Waals surface area contributed by atoms with Crippen molar-refractivity contribution in [2.75, 3.05) is 13.2 Å². The minimum absolute atomic E-state index is 0.0320. The van der Waals surface area contributed by atoms with E-state index >= 15 is 0 Å². The molecule has 14 nitrogen and oxygen atoms in total. The van der Waals surface area contributed by atoms with Gasteiger partial charge >= 0.3 is 5.97 Å². The third kappa shape index (κ3) is 9.11. The molecule has 15 heteroatoms. The fraction of sp³-hybridized carbons (Fsp3) is 0.705.